The number of aryl methyl sites for hydroxylation is 2. The zero-order chi connectivity index (χ0) is 21.0. The summed E-state index contributed by atoms with van der Waals surface area (Å²) in [6.45, 7) is 4.50. The number of nitrogens with one attached hydrogen (secondary N) is 1. The van der Waals surface area contributed by atoms with E-state index in [-0.39, 0.29) is 24.7 Å². The molecule has 1 fully saturated rings. The Hall–Kier alpha value is -3.15. The summed E-state index contributed by atoms with van der Waals surface area (Å²) in [4.78, 5) is 38.4. The minimum atomic E-state index is -0.918. The third-order valence-electron chi connectivity index (χ3n) is 5.49. The number of nitrogens with zero attached hydrogens (tertiary/aromatic N) is 1. The van der Waals surface area contributed by atoms with Gasteiger partial charge in [-0.05, 0) is 55.5 Å². The van der Waals surface area contributed by atoms with Gasteiger partial charge in [0.1, 0.15) is 5.92 Å². The van der Waals surface area contributed by atoms with Crippen LogP contribution in [0, 0.1) is 19.8 Å². The molecule has 0 aromatic heterocycles. The van der Waals surface area contributed by atoms with E-state index >= 15 is 0 Å². The van der Waals surface area contributed by atoms with Gasteiger partial charge in [-0.15, -0.1) is 0 Å². The Morgan fingerprint density at radius 2 is 1.86 bits per heavy atom. The zero-order valence-electron chi connectivity index (χ0n) is 16.7. The van der Waals surface area contributed by atoms with Gasteiger partial charge in [0.05, 0.1) is 6.04 Å². The monoisotopic (exact) mass is 394 g/mol. The van der Waals surface area contributed by atoms with Crippen LogP contribution >= 0.6 is 0 Å². The summed E-state index contributed by atoms with van der Waals surface area (Å²) in [5.74, 6) is -2.23. The lowest BCUT2D eigenvalue weighted by Gasteiger charge is -2.21. The summed E-state index contributed by atoms with van der Waals surface area (Å²) in [6, 6.07) is 14.7. The van der Waals surface area contributed by atoms with E-state index in [1.54, 1.807) is 4.90 Å². The van der Waals surface area contributed by atoms with Gasteiger partial charge in [0.2, 0.25) is 11.8 Å². The highest BCUT2D eigenvalue weighted by atomic mass is 16.4. The molecule has 2 N–H and O–H groups in total. The highest BCUT2D eigenvalue weighted by Gasteiger charge is 2.38. The number of anilines is 1. The Bertz CT molecular complexity index is 910. The topological polar surface area (TPSA) is 86.7 Å². The van der Waals surface area contributed by atoms with Gasteiger partial charge in [-0.25, -0.2) is 0 Å². The van der Waals surface area contributed by atoms with Crippen LogP contribution in [0.5, 0.6) is 0 Å². The molecule has 29 heavy (non-hydrogen) atoms. The molecule has 3 rings (SSSR count). The lowest BCUT2D eigenvalue weighted by molar-refractivity contribution is -0.138. The highest BCUT2D eigenvalue weighted by molar-refractivity contribution is 6.09. The van der Waals surface area contributed by atoms with Gasteiger partial charge in [0, 0.05) is 18.7 Å². The normalized spacial score (nSPS) is 17.2. The Morgan fingerprint density at radius 1 is 1.14 bits per heavy atom. The maximum atomic E-state index is 12.9. The number of carboxylic acid groups (broad SMARTS) is 1. The number of rotatable bonds is 7. The molecular formula is C23H26N2O4. The van der Waals surface area contributed by atoms with Crippen LogP contribution in [0.1, 0.15) is 42.0 Å². The largest absolute Gasteiger partial charge is 0.481 e. The smallest absolute Gasteiger partial charge is 0.303 e. The third-order valence-corrected chi connectivity index (χ3v) is 5.49. The number of benzene rings is 2. The molecule has 1 aliphatic heterocycles. The summed E-state index contributed by atoms with van der Waals surface area (Å²) < 4.78 is 0. The predicted molar refractivity (Wildman–Crippen MR) is 111 cm³/mol. The molecular weight excluding hydrogens is 368 g/mol. The fourth-order valence-corrected chi connectivity index (χ4v) is 3.62. The molecule has 6 nitrogen and oxygen atoms in total. The van der Waals surface area contributed by atoms with E-state index in [2.05, 4.69) is 5.32 Å². The Morgan fingerprint density at radius 3 is 2.52 bits per heavy atom. The molecule has 0 radical (unpaired) electrons. The van der Waals surface area contributed by atoms with E-state index < -0.39 is 17.9 Å². The first-order valence-corrected chi connectivity index (χ1v) is 9.82. The van der Waals surface area contributed by atoms with Crippen LogP contribution in [-0.4, -0.2) is 29.4 Å². The third kappa shape index (κ3) is 4.83. The van der Waals surface area contributed by atoms with E-state index in [0.717, 1.165) is 22.4 Å². The van der Waals surface area contributed by atoms with Crippen molar-refractivity contribution >= 4 is 23.5 Å². The molecule has 0 aliphatic carbocycles. The van der Waals surface area contributed by atoms with E-state index in [4.69, 9.17) is 5.11 Å². The SMILES string of the molecule is Cc1ccc(N2CCC(C(=O)NC(CCC(=O)O)c3ccccc3)C2=O)cc1C. The number of carbonyl (C=O) groups is 3. The van der Waals surface area contributed by atoms with Gasteiger partial charge in [-0.2, -0.15) is 0 Å². The summed E-state index contributed by atoms with van der Waals surface area (Å²) in [5.41, 5.74) is 3.89. The van der Waals surface area contributed by atoms with Crippen molar-refractivity contribution in [1.29, 1.82) is 0 Å². The second-order valence-electron chi connectivity index (χ2n) is 7.50. The average molecular weight is 394 g/mol. The molecule has 0 saturated carbocycles. The molecule has 152 valence electrons. The Labute approximate surface area is 170 Å². The number of carboxylic acids is 1. The van der Waals surface area contributed by atoms with Crippen molar-refractivity contribution in [2.75, 3.05) is 11.4 Å². The molecule has 2 aromatic carbocycles. The van der Waals surface area contributed by atoms with Crippen LogP contribution in [0.3, 0.4) is 0 Å². The van der Waals surface area contributed by atoms with Crippen LogP contribution in [-0.2, 0) is 14.4 Å². The fourth-order valence-electron chi connectivity index (χ4n) is 3.62. The summed E-state index contributed by atoms with van der Waals surface area (Å²) in [7, 11) is 0. The molecule has 2 aromatic rings. The Kier molecular flexibility index (Phi) is 6.32. The van der Waals surface area contributed by atoms with Crippen molar-refractivity contribution in [2.45, 2.75) is 39.2 Å². The Balaban J connectivity index is 1.72. The number of hydrogen-bond donors (Lipinski definition) is 2. The summed E-state index contributed by atoms with van der Waals surface area (Å²) in [5, 5.41) is 11.9. The average Bonchev–Trinajstić information content (AvgIpc) is 3.09. The second-order valence-corrected chi connectivity index (χ2v) is 7.50. The van der Waals surface area contributed by atoms with E-state index in [9.17, 15) is 14.4 Å². The summed E-state index contributed by atoms with van der Waals surface area (Å²) >= 11 is 0. The lowest BCUT2D eigenvalue weighted by Crippen LogP contribution is -2.38. The van der Waals surface area contributed by atoms with Crippen molar-refractivity contribution in [2.24, 2.45) is 5.92 Å². The number of hydrogen-bond acceptors (Lipinski definition) is 3. The minimum absolute atomic E-state index is 0.0623. The number of aliphatic carboxylic acids is 1. The van der Waals surface area contributed by atoms with Crippen molar-refractivity contribution in [3.05, 3.63) is 65.2 Å². The molecule has 1 saturated heterocycles. The number of amides is 2. The van der Waals surface area contributed by atoms with Gasteiger partial charge in [-0.3, -0.25) is 14.4 Å². The first-order chi connectivity index (χ1) is 13.9. The molecule has 2 amide bonds. The lowest BCUT2D eigenvalue weighted by atomic mass is 10.00. The quantitative estimate of drug-likeness (QED) is 0.705. The van der Waals surface area contributed by atoms with Crippen LogP contribution in [0.15, 0.2) is 48.5 Å². The molecule has 0 spiro atoms. The molecule has 2 unspecified atom stereocenters. The van der Waals surface area contributed by atoms with Crippen molar-refractivity contribution < 1.29 is 19.5 Å². The first-order valence-electron chi connectivity index (χ1n) is 9.82. The molecule has 1 aliphatic rings. The standard InChI is InChI=1S/C23H26N2O4/c1-15-8-9-18(14-16(15)2)25-13-12-19(23(25)29)22(28)24-20(10-11-21(26)27)17-6-4-3-5-7-17/h3-9,14,19-20H,10-13H2,1-2H3,(H,24,28)(H,26,27). The number of carbonyl (C=O) groups excluding carboxylic acids is 2. The van der Waals surface area contributed by atoms with Crippen LogP contribution in [0.25, 0.3) is 0 Å². The van der Waals surface area contributed by atoms with E-state index in [1.165, 1.54) is 0 Å². The minimum Gasteiger partial charge on any atom is -0.481 e. The molecule has 2 atom stereocenters. The molecule has 1 heterocycles. The maximum absolute atomic E-state index is 12.9. The molecule has 6 heteroatoms. The maximum Gasteiger partial charge on any atom is 0.303 e. The van der Waals surface area contributed by atoms with Gasteiger partial charge >= 0.3 is 5.97 Å². The van der Waals surface area contributed by atoms with Crippen molar-refractivity contribution in [3.8, 4) is 0 Å². The summed E-state index contributed by atoms with van der Waals surface area (Å²) in [6.07, 6.45) is 0.651. The highest BCUT2D eigenvalue weighted by Crippen LogP contribution is 2.28. The van der Waals surface area contributed by atoms with Crippen LogP contribution in [0.2, 0.25) is 0 Å². The van der Waals surface area contributed by atoms with Gasteiger partial charge in [0.25, 0.3) is 0 Å². The molecule has 0 bridgehead atoms. The first kappa shape index (κ1) is 20.6. The van der Waals surface area contributed by atoms with Gasteiger partial charge in [0.15, 0.2) is 0 Å². The van der Waals surface area contributed by atoms with Crippen molar-refractivity contribution in [1.82, 2.24) is 5.32 Å². The predicted octanol–water partition coefficient (Wildman–Crippen LogP) is 3.38. The van der Waals surface area contributed by atoms with E-state index in [1.807, 2.05) is 62.4 Å². The van der Waals surface area contributed by atoms with Crippen LogP contribution < -0.4 is 10.2 Å². The van der Waals surface area contributed by atoms with Gasteiger partial charge in [-0.1, -0.05) is 36.4 Å². The fraction of sp³-hybridized carbons (Fsp3) is 0.348. The zero-order valence-corrected chi connectivity index (χ0v) is 16.7. The van der Waals surface area contributed by atoms with Gasteiger partial charge < -0.3 is 15.3 Å². The van der Waals surface area contributed by atoms with Crippen LogP contribution in [0.4, 0.5) is 5.69 Å². The van der Waals surface area contributed by atoms with E-state index in [0.29, 0.717) is 13.0 Å². The second kappa shape index (κ2) is 8.90. The van der Waals surface area contributed by atoms with Crippen molar-refractivity contribution in [3.63, 3.8) is 0 Å².